The van der Waals surface area contributed by atoms with E-state index in [0.717, 1.165) is 38.6 Å². The van der Waals surface area contributed by atoms with Crippen molar-refractivity contribution in [1.82, 2.24) is 9.97 Å². The first-order valence-electron chi connectivity index (χ1n) is 10.6. The molecular formula is C25H23N3O4S. The van der Waals surface area contributed by atoms with Gasteiger partial charge in [0.15, 0.2) is 0 Å². The minimum absolute atomic E-state index is 0.0153. The highest BCUT2D eigenvalue weighted by Gasteiger charge is 2.28. The fourth-order valence-electron chi connectivity index (χ4n) is 3.85. The van der Waals surface area contributed by atoms with Crippen molar-refractivity contribution in [2.24, 2.45) is 0 Å². The van der Waals surface area contributed by atoms with Gasteiger partial charge >= 0.3 is 0 Å². The number of benzene rings is 2. The number of aryl methyl sites for hydroxylation is 1. The molecule has 1 unspecified atom stereocenters. The topological polar surface area (TPSA) is 73.8 Å². The molecule has 1 saturated heterocycles. The number of ether oxygens (including phenoxy) is 3. The summed E-state index contributed by atoms with van der Waals surface area (Å²) in [5, 5.41) is 3.99. The highest BCUT2D eigenvalue weighted by Crippen LogP contribution is 2.35. The molecule has 0 bridgehead atoms. The summed E-state index contributed by atoms with van der Waals surface area (Å²) in [4.78, 5) is 23.3. The molecule has 0 aliphatic carbocycles. The molecular weight excluding hydrogens is 438 g/mol. The Kier molecular flexibility index (Phi) is 5.93. The number of morpholine rings is 1. The van der Waals surface area contributed by atoms with E-state index in [2.05, 4.69) is 9.97 Å². The summed E-state index contributed by atoms with van der Waals surface area (Å²) < 4.78 is 17.1. The number of aromatic nitrogens is 2. The summed E-state index contributed by atoms with van der Waals surface area (Å²) >= 11 is 1.61. The van der Waals surface area contributed by atoms with Gasteiger partial charge in [-0.2, -0.15) is 0 Å². The zero-order chi connectivity index (χ0) is 22.8. The fraction of sp³-hybridized carbons (Fsp3) is 0.240. The number of thiazole rings is 1. The summed E-state index contributed by atoms with van der Waals surface area (Å²) in [6.07, 6.45) is 1.50. The first-order chi connectivity index (χ1) is 16.1. The van der Waals surface area contributed by atoms with Crippen molar-refractivity contribution in [3.8, 4) is 22.1 Å². The van der Waals surface area contributed by atoms with E-state index in [0.29, 0.717) is 18.9 Å². The number of nitrogens with zero attached hydrogens (tertiary/aromatic N) is 3. The predicted octanol–water partition coefficient (Wildman–Crippen LogP) is 4.49. The largest absolute Gasteiger partial charge is 0.497 e. The Morgan fingerprint density at radius 1 is 1.18 bits per heavy atom. The van der Waals surface area contributed by atoms with Crippen molar-refractivity contribution < 1.29 is 19.0 Å². The number of carbonyl (C=O) groups is 1. The van der Waals surface area contributed by atoms with Crippen molar-refractivity contribution in [3.05, 3.63) is 65.8 Å². The number of hydrogen-bond donors (Lipinski definition) is 0. The first kappa shape index (κ1) is 21.4. The molecule has 0 saturated carbocycles. The second kappa shape index (κ2) is 9.17. The Morgan fingerprint density at radius 3 is 2.79 bits per heavy atom. The molecule has 3 heterocycles. The lowest BCUT2D eigenvalue weighted by Gasteiger charge is -2.32. The summed E-state index contributed by atoms with van der Waals surface area (Å²) in [7, 11) is 1.62. The second-order valence-corrected chi connectivity index (χ2v) is 8.61. The molecule has 2 aromatic carbocycles. The molecule has 7 nitrogen and oxygen atoms in total. The standard InChI is InChI=1S/C25H23N3O4S/c1-16-15-33-25(27-16)21-9-10-22(24-20(21)4-3-11-26-24)32-13-19-12-28(23(29)14-31-19)17-5-7-18(30-2)8-6-17/h3-11,15,19H,12-14H2,1-2H3. The number of fused-ring (bicyclic) bond motifs is 1. The van der Waals surface area contributed by atoms with Gasteiger partial charge in [-0.15, -0.1) is 11.3 Å². The SMILES string of the molecule is COc1ccc(N2CC(COc3ccc(-c4nc(C)cs4)c4cccnc34)OCC2=O)cc1. The number of pyridine rings is 1. The summed E-state index contributed by atoms with van der Waals surface area (Å²) in [5.74, 6) is 1.35. The highest BCUT2D eigenvalue weighted by molar-refractivity contribution is 7.13. The van der Waals surface area contributed by atoms with Crippen LogP contribution < -0.4 is 14.4 Å². The molecule has 33 heavy (non-hydrogen) atoms. The number of anilines is 1. The zero-order valence-corrected chi connectivity index (χ0v) is 19.2. The third-order valence-electron chi connectivity index (χ3n) is 5.52. The Balaban J connectivity index is 1.34. The van der Waals surface area contributed by atoms with Crippen LogP contribution in [0.3, 0.4) is 0 Å². The molecule has 1 aliphatic rings. The van der Waals surface area contributed by atoms with E-state index < -0.39 is 0 Å². The maximum atomic E-state index is 12.4. The van der Waals surface area contributed by atoms with Gasteiger partial charge in [0.1, 0.15) is 41.3 Å². The zero-order valence-electron chi connectivity index (χ0n) is 18.4. The van der Waals surface area contributed by atoms with Crippen LogP contribution in [-0.4, -0.2) is 48.8 Å². The summed E-state index contributed by atoms with van der Waals surface area (Å²) in [6, 6.07) is 15.3. The highest BCUT2D eigenvalue weighted by atomic mass is 32.1. The maximum absolute atomic E-state index is 12.4. The van der Waals surface area contributed by atoms with Crippen LogP contribution in [0.4, 0.5) is 5.69 Å². The number of carbonyl (C=O) groups excluding carboxylic acids is 1. The molecule has 2 aromatic heterocycles. The molecule has 0 radical (unpaired) electrons. The Morgan fingerprint density at radius 2 is 2.03 bits per heavy atom. The van der Waals surface area contributed by atoms with Gasteiger partial charge in [-0.25, -0.2) is 4.98 Å². The van der Waals surface area contributed by atoms with Crippen LogP contribution in [-0.2, 0) is 9.53 Å². The van der Waals surface area contributed by atoms with Crippen LogP contribution in [0.25, 0.3) is 21.5 Å². The van der Waals surface area contributed by atoms with Crippen molar-refractivity contribution in [2.75, 3.05) is 31.8 Å². The molecule has 4 aromatic rings. The average molecular weight is 462 g/mol. The van der Waals surface area contributed by atoms with Gasteiger partial charge in [-0.1, -0.05) is 6.07 Å². The maximum Gasteiger partial charge on any atom is 0.253 e. The third kappa shape index (κ3) is 4.40. The molecule has 0 N–H and O–H groups in total. The van der Waals surface area contributed by atoms with Crippen molar-refractivity contribution >= 4 is 33.8 Å². The smallest absolute Gasteiger partial charge is 0.253 e. The van der Waals surface area contributed by atoms with E-state index in [-0.39, 0.29) is 18.6 Å². The number of rotatable bonds is 6. The van der Waals surface area contributed by atoms with Crippen LogP contribution in [0.1, 0.15) is 5.69 Å². The number of hydrogen-bond acceptors (Lipinski definition) is 7. The second-order valence-electron chi connectivity index (χ2n) is 7.75. The van der Waals surface area contributed by atoms with Gasteiger partial charge in [0.25, 0.3) is 5.91 Å². The monoisotopic (exact) mass is 461 g/mol. The van der Waals surface area contributed by atoms with Crippen molar-refractivity contribution in [3.63, 3.8) is 0 Å². The van der Waals surface area contributed by atoms with Gasteiger partial charge in [0.05, 0.1) is 13.7 Å². The van der Waals surface area contributed by atoms with E-state index in [1.807, 2.05) is 60.8 Å². The van der Waals surface area contributed by atoms with Crippen molar-refractivity contribution in [1.29, 1.82) is 0 Å². The van der Waals surface area contributed by atoms with Crippen LogP contribution in [0, 0.1) is 6.92 Å². The Bertz CT molecular complexity index is 1290. The molecule has 168 valence electrons. The van der Waals surface area contributed by atoms with Crippen LogP contribution in [0.2, 0.25) is 0 Å². The van der Waals surface area contributed by atoms with E-state index >= 15 is 0 Å². The molecule has 1 aliphatic heterocycles. The Hall–Kier alpha value is -3.49. The minimum Gasteiger partial charge on any atom is -0.497 e. The first-order valence-corrected chi connectivity index (χ1v) is 11.5. The van der Waals surface area contributed by atoms with E-state index in [1.54, 1.807) is 29.5 Å². The average Bonchev–Trinajstić information content (AvgIpc) is 3.29. The minimum atomic E-state index is -0.259. The van der Waals surface area contributed by atoms with Gasteiger partial charge < -0.3 is 19.1 Å². The molecule has 0 spiro atoms. The fourth-order valence-corrected chi connectivity index (χ4v) is 4.68. The number of amides is 1. The molecule has 5 rings (SSSR count). The van der Waals surface area contributed by atoms with E-state index in [9.17, 15) is 4.79 Å². The van der Waals surface area contributed by atoms with Gasteiger partial charge in [0.2, 0.25) is 0 Å². The lowest BCUT2D eigenvalue weighted by atomic mass is 10.1. The van der Waals surface area contributed by atoms with E-state index in [1.165, 1.54) is 0 Å². The van der Waals surface area contributed by atoms with Gasteiger partial charge in [-0.3, -0.25) is 9.78 Å². The Labute approximate surface area is 195 Å². The van der Waals surface area contributed by atoms with E-state index in [4.69, 9.17) is 14.2 Å². The molecule has 1 amide bonds. The molecule has 8 heteroatoms. The van der Waals surface area contributed by atoms with Gasteiger partial charge in [0, 0.05) is 33.9 Å². The lowest BCUT2D eigenvalue weighted by Crippen LogP contribution is -2.48. The summed E-state index contributed by atoms with van der Waals surface area (Å²) in [6.45, 7) is 2.72. The normalized spacial score (nSPS) is 16.2. The van der Waals surface area contributed by atoms with Gasteiger partial charge in [-0.05, 0) is 49.4 Å². The third-order valence-corrected chi connectivity index (χ3v) is 6.51. The molecule has 1 fully saturated rings. The van der Waals surface area contributed by atoms with Crippen LogP contribution in [0.5, 0.6) is 11.5 Å². The van der Waals surface area contributed by atoms with Crippen molar-refractivity contribution in [2.45, 2.75) is 13.0 Å². The summed E-state index contributed by atoms with van der Waals surface area (Å²) in [5.41, 5.74) is 3.62. The molecule has 1 atom stereocenters. The number of methoxy groups -OCH3 is 1. The predicted molar refractivity (Wildman–Crippen MR) is 128 cm³/mol. The quantitative estimate of drug-likeness (QED) is 0.421. The van der Waals surface area contributed by atoms with Crippen LogP contribution in [0.15, 0.2) is 60.1 Å². The lowest BCUT2D eigenvalue weighted by molar-refractivity contribution is -0.130. The van der Waals surface area contributed by atoms with Crippen LogP contribution >= 0.6 is 11.3 Å².